The van der Waals surface area contributed by atoms with E-state index in [1.807, 2.05) is 0 Å². The highest BCUT2D eigenvalue weighted by Crippen LogP contribution is 2.27. The van der Waals surface area contributed by atoms with Crippen LogP contribution in [0.15, 0.2) is 54.1 Å². The summed E-state index contributed by atoms with van der Waals surface area (Å²) in [6.45, 7) is 0.254. The molecule has 1 aliphatic heterocycles. The zero-order chi connectivity index (χ0) is 21.8. The third-order valence-corrected chi connectivity index (χ3v) is 5.56. The topological polar surface area (TPSA) is 75.7 Å². The molecular weight excluding hydrogens is 399 g/mol. The van der Waals surface area contributed by atoms with Gasteiger partial charge in [-0.25, -0.2) is 9.18 Å². The van der Waals surface area contributed by atoms with E-state index in [0.717, 1.165) is 37.7 Å². The molecule has 0 unspecified atom stereocenters. The first-order valence-electron chi connectivity index (χ1n) is 10.4. The Morgan fingerprint density at radius 1 is 1.03 bits per heavy atom. The van der Waals surface area contributed by atoms with Crippen LogP contribution in [0.5, 0.6) is 5.75 Å². The molecule has 0 radical (unpaired) electrons. The lowest BCUT2D eigenvalue weighted by atomic mass is 9.93. The van der Waals surface area contributed by atoms with Gasteiger partial charge >= 0.3 is 6.03 Å². The maximum atomic E-state index is 13.0. The minimum atomic E-state index is -0.695. The highest BCUT2D eigenvalue weighted by molar-refractivity contribution is 6.31. The van der Waals surface area contributed by atoms with Crippen molar-refractivity contribution in [3.05, 3.63) is 71.0 Å². The van der Waals surface area contributed by atoms with Gasteiger partial charge in [-0.3, -0.25) is 19.8 Å². The number of benzene rings is 2. The summed E-state index contributed by atoms with van der Waals surface area (Å²) < 4.78 is 18.8. The summed E-state index contributed by atoms with van der Waals surface area (Å²) in [4.78, 5) is 38.9. The Bertz CT molecular complexity index is 1030. The Kier molecular flexibility index (Phi) is 6.11. The Hall–Kier alpha value is -3.48. The van der Waals surface area contributed by atoms with E-state index in [2.05, 4.69) is 5.32 Å². The average molecular weight is 422 g/mol. The summed E-state index contributed by atoms with van der Waals surface area (Å²) in [7, 11) is 0. The van der Waals surface area contributed by atoms with Crippen LogP contribution in [0.3, 0.4) is 0 Å². The van der Waals surface area contributed by atoms with Gasteiger partial charge in [-0.15, -0.1) is 0 Å². The third-order valence-electron chi connectivity index (χ3n) is 5.56. The number of amides is 4. The van der Waals surface area contributed by atoms with Crippen molar-refractivity contribution in [2.24, 2.45) is 0 Å². The Morgan fingerprint density at radius 3 is 2.52 bits per heavy atom. The number of rotatable bonds is 5. The smallest absolute Gasteiger partial charge is 0.331 e. The van der Waals surface area contributed by atoms with Crippen molar-refractivity contribution in [1.82, 2.24) is 10.2 Å². The Balaban J connectivity index is 1.51. The lowest BCUT2D eigenvalue weighted by Gasteiger charge is -2.35. The van der Waals surface area contributed by atoms with Crippen molar-refractivity contribution in [2.75, 3.05) is 0 Å². The molecule has 1 heterocycles. The molecule has 0 atom stereocenters. The van der Waals surface area contributed by atoms with E-state index >= 15 is 0 Å². The molecule has 1 N–H and O–H groups in total. The molecule has 1 aliphatic carbocycles. The molecule has 7 heteroatoms. The molecule has 0 spiro atoms. The van der Waals surface area contributed by atoms with Crippen LogP contribution in [0.2, 0.25) is 0 Å². The lowest BCUT2D eigenvalue weighted by molar-refractivity contribution is -0.132. The molecule has 2 aromatic carbocycles. The van der Waals surface area contributed by atoms with Crippen molar-refractivity contribution in [1.29, 1.82) is 0 Å². The van der Waals surface area contributed by atoms with Crippen molar-refractivity contribution in [3.63, 3.8) is 0 Å². The summed E-state index contributed by atoms with van der Waals surface area (Å²) in [6.07, 6.45) is 6.00. The minimum Gasteiger partial charge on any atom is -0.489 e. The van der Waals surface area contributed by atoms with E-state index in [-0.39, 0.29) is 24.0 Å². The molecule has 1 saturated heterocycles. The van der Waals surface area contributed by atoms with Crippen LogP contribution in [0.4, 0.5) is 9.18 Å². The number of nitrogens with zero attached hydrogens (tertiary/aromatic N) is 1. The fourth-order valence-corrected chi connectivity index (χ4v) is 3.95. The highest BCUT2D eigenvalue weighted by atomic mass is 19.1. The molecular formula is C24H23FN2O4. The molecule has 6 nitrogen and oxygen atoms in total. The number of ether oxygens (including phenoxy) is 1. The average Bonchev–Trinajstić information content (AvgIpc) is 2.77. The van der Waals surface area contributed by atoms with Crippen molar-refractivity contribution in [2.45, 2.75) is 44.8 Å². The zero-order valence-corrected chi connectivity index (χ0v) is 17.0. The van der Waals surface area contributed by atoms with Crippen molar-refractivity contribution in [3.8, 4) is 5.75 Å². The largest absolute Gasteiger partial charge is 0.489 e. The zero-order valence-electron chi connectivity index (χ0n) is 17.0. The van der Waals surface area contributed by atoms with Crippen LogP contribution in [0, 0.1) is 5.82 Å². The minimum absolute atomic E-state index is 0.0686. The number of nitrogens with one attached hydrogen (secondary N) is 1. The SMILES string of the molecule is O=C1NC(=O)N(C2CCCCC2)C(=O)C1=Cc1cccc(OCc2ccc(F)cc2)c1. The van der Waals surface area contributed by atoms with Crippen LogP contribution in [-0.4, -0.2) is 28.8 Å². The highest BCUT2D eigenvalue weighted by Gasteiger charge is 2.40. The molecule has 31 heavy (non-hydrogen) atoms. The van der Waals surface area contributed by atoms with Gasteiger partial charge in [0.2, 0.25) is 0 Å². The van der Waals surface area contributed by atoms with E-state index in [1.54, 1.807) is 36.4 Å². The number of carbonyl (C=O) groups is 3. The van der Waals surface area contributed by atoms with Crippen LogP contribution >= 0.6 is 0 Å². The second-order valence-electron chi connectivity index (χ2n) is 7.77. The molecule has 2 aliphatic rings. The molecule has 160 valence electrons. The normalized spacial score (nSPS) is 18.9. The van der Waals surface area contributed by atoms with E-state index in [1.165, 1.54) is 23.1 Å². The van der Waals surface area contributed by atoms with E-state index in [0.29, 0.717) is 11.3 Å². The van der Waals surface area contributed by atoms with Crippen LogP contribution in [0.1, 0.15) is 43.2 Å². The molecule has 0 aromatic heterocycles. The Labute approximate surface area is 179 Å². The number of carbonyl (C=O) groups excluding carboxylic acids is 3. The van der Waals surface area contributed by atoms with Crippen LogP contribution in [0.25, 0.3) is 6.08 Å². The number of urea groups is 1. The number of halogens is 1. The third kappa shape index (κ3) is 4.82. The van der Waals surface area contributed by atoms with E-state index in [4.69, 9.17) is 4.74 Å². The number of hydrogen-bond acceptors (Lipinski definition) is 4. The molecule has 1 saturated carbocycles. The number of imide groups is 2. The molecule has 4 amide bonds. The number of hydrogen-bond donors (Lipinski definition) is 1. The van der Waals surface area contributed by atoms with Gasteiger partial charge in [-0.1, -0.05) is 43.5 Å². The second-order valence-corrected chi connectivity index (χ2v) is 7.77. The van der Waals surface area contributed by atoms with Gasteiger partial charge in [-0.2, -0.15) is 0 Å². The van der Waals surface area contributed by atoms with Gasteiger partial charge in [0.25, 0.3) is 11.8 Å². The summed E-state index contributed by atoms with van der Waals surface area (Å²) in [5, 5.41) is 2.29. The summed E-state index contributed by atoms with van der Waals surface area (Å²) >= 11 is 0. The fourth-order valence-electron chi connectivity index (χ4n) is 3.95. The summed E-state index contributed by atoms with van der Waals surface area (Å²) in [6, 6.07) is 12.2. The van der Waals surface area contributed by atoms with E-state index in [9.17, 15) is 18.8 Å². The summed E-state index contributed by atoms with van der Waals surface area (Å²) in [5.74, 6) is -1.02. The van der Waals surface area contributed by atoms with Gasteiger partial charge in [-0.05, 0) is 54.3 Å². The predicted octanol–water partition coefficient (Wildman–Crippen LogP) is 4.20. The van der Waals surface area contributed by atoms with Gasteiger partial charge in [0.1, 0.15) is 23.7 Å². The molecule has 2 aromatic rings. The standard InChI is InChI=1S/C24H23FN2O4/c25-18-11-9-16(10-12-18)15-31-20-8-4-5-17(13-20)14-21-22(28)26-24(30)27(23(21)29)19-6-2-1-3-7-19/h4-5,8-14,19H,1-3,6-7,15H2,(H,26,28,30). The first kappa shape index (κ1) is 20.8. The molecule has 2 fully saturated rings. The summed E-state index contributed by atoms with van der Waals surface area (Å²) in [5.41, 5.74) is 1.35. The van der Waals surface area contributed by atoms with Crippen molar-refractivity contribution < 1.29 is 23.5 Å². The van der Waals surface area contributed by atoms with E-state index < -0.39 is 17.8 Å². The molecule has 4 rings (SSSR count). The van der Waals surface area contributed by atoms with Gasteiger partial charge < -0.3 is 4.74 Å². The van der Waals surface area contributed by atoms with Gasteiger partial charge in [0, 0.05) is 6.04 Å². The first-order chi connectivity index (χ1) is 15.0. The monoisotopic (exact) mass is 422 g/mol. The van der Waals surface area contributed by atoms with Crippen LogP contribution < -0.4 is 10.1 Å². The lowest BCUT2D eigenvalue weighted by Crippen LogP contribution is -2.58. The van der Waals surface area contributed by atoms with Crippen molar-refractivity contribution >= 4 is 23.9 Å². The Morgan fingerprint density at radius 2 is 1.77 bits per heavy atom. The van der Waals surface area contributed by atoms with Gasteiger partial charge in [0.15, 0.2) is 0 Å². The fraction of sp³-hybridized carbons (Fsp3) is 0.292. The maximum absolute atomic E-state index is 13.0. The first-order valence-corrected chi connectivity index (χ1v) is 10.4. The van der Waals surface area contributed by atoms with Crippen LogP contribution in [-0.2, 0) is 16.2 Å². The molecule has 0 bridgehead atoms. The quantitative estimate of drug-likeness (QED) is 0.579. The second kappa shape index (κ2) is 9.12. The number of barbiturate groups is 1. The van der Waals surface area contributed by atoms with Gasteiger partial charge in [0.05, 0.1) is 0 Å². The maximum Gasteiger partial charge on any atom is 0.331 e. The predicted molar refractivity (Wildman–Crippen MR) is 112 cm³/mol.